The van der Waals surface area contributed by atoms with E-state index >= 15 is 0 Å². The van der Waals surface area contributed by atoms with Gasteiger partial charge < -0.3 is 5.11 Å². The SMILES string of the molecule is O=C(O)c1ccc(-c2cc(C(F)(F)F)ccc2[C@H]2CCc3cc(S(=O)(=O)Nc4cccc(F)n4)ccc32)cc1. The van der Waals surface area contributed by atoms with Gasteiger partial charge in [0.25, 0.3) is 10.0 Å². The Balaban J connectivity index is 1.52. The van der Waals surface area contributed by atoms with Gasteiger partial charge in [-0.25, -0.2) is 18.2 Å². The third kappa shape index (κ3) is 5.35. The van der Waals surface area contributed by atoms with E-state index in [1.807, 2.05) is 0 Å². The highest BCUT2D eigenvalue weighted by Crippen LogP contribution is 2.44. The number of nitrogens with one attached hydrogen (secondary N) is 1. The first-order valence-electron chi connectivity index (χ1n) is 11.8. The Labute approximate surface area is 221 Å². The van der Waals surface area contributed by atoms with Crippen LogP contribution in [0, 0.1) is 5.95 Å². The molecule has 1 aromatic heterocycles. The van der Waals surface area contributed by atoms with E-state index in [0.717, 1.165) is 29.3 Å². The van der Waals surface area contributed by atoms with Crippen molar-refractivity contribution in [2.45, 2.75) is 29.8 Å². The second-order valence-corrected chi connectivity index (χ2v) is 10.8. The van der Waals surface area contributed by atoms with Crippen LogP contribution in [0.15, 0.2) is 83.8 Å². The van der Waals surface area contributed by atoms with Crippen molar-refractivity contribution in [2.75, 3.05) is 4.72 Å². The van der Waals surface area contributed by atoms with Crippen LogP contribution in [0.25, 0.3) is 11.1 Å². The van der Waals surface area contributed by atoms with Crippen molar-refractivity contribution in [1.82, 2.24) is 4.98 Å². The van der Waals surface area contributed by atoms with Gasteiger partial charge in [0.05, 0.1) is 16.0 Å². The molecule has 0 spiro atoms. The van der Waals surface area contributed by atoms with Crippen molar-refractivity contribution in [1.29, 1.82) is 0 Å². The number of pyridine rings is 1. The topological polar surface area (TPSA) is 96.4 Å². The van der Waals surface area contributed by atoms with Crippen LogP contribution >= 0.6 is 0 Å². The molecule has 11 heteroatoms. The predicted molar refractivity (Wildman–Crippen MR) is 135 cm³/mol. The average Bonchev–Trinajstić information content (AvgIpc) is 3.31. The van der Waals surface area contributed by atoms with Crippen LogP contribution in [0.5, 0.6) is 0 Å². The van der Waals surface area contributed by atoms with Crippen LogP contribution in [-0.2, 0) is 22.6 Å². The van der Waals surface area contributed by atoms with Crippen LogP contribution in [0.1, 0.15) is 45.0 Å². The number of rotatable bonds is 6. The van der Waals surface area contributed by atoms with E-state index in [9.17, 15) is 35.9 Å². The molecule has 3 aromatic carbocycles. The molecule has 0 aliphatic heterocycles. The van der Waals surface area contributed by atoms with E-state index in [1.165, 1.54) is 54.6 Å². The van der Waals surface area contributed by atoms with Gasteiger partial charge in [0.2, 0.25) is 5.95 Å². The number of aromatic nitrogens is 1. The fourth-order valence-electron chi connectivity index (χ4n) is 4.82. The van der Waals surface area contributed by atoms with Crippen molar-refractivity contribution in [3.63, 3.8) is 0 Å². The first-order chi connectivity index (χ1) is 18.4. The van der Waals surface area contributed by atoms with Crippen LogP contribution in [0.3, 0.4) is 0 Å². The third-order valence-corrected chi connectivity index (χ3v) is 8.01. The lowest BCUT2D eigenvalue weighted by atomic mass is 9.85. The maximum Gasteiger partial charge on any atom is 0.416 e. The monoisotopic (exact) mass is 556 g/mol. The summed E-state index contributed by atoms with van der Waals surface area (Å²) in [5, 5.41) is 9.19. The first-order valence-corrected chi connectivity index (χ1v) is 13.2. The fourth-order valence-corrected chi connectivity index (χ4v) is 5.88. The molecule has 0 fully saturated rings. The molecule has 2 N–H and O–H groups in total. The van der Waals surface area contributed by atoms with E-state index < -0.39 is 33.7 Å². The van der Waals surface area contributed by atoms with E-state index in [0.29, 0.717) is 29.5 Å². The number of carboxylic acid groups (broad SMARTS) is 1. The molecule has 0 radical (unpaired) electrons. The molecule has 1 heterocycles. The summed E-state index contributed by atoms with van der Waals surface area (Å²) in [5.74, 6) is -2.47. The Bertz CT molecular complexity index is 1690. The quantitative estimate of drug-likeness (QED) is 0.209. The number of halogens is 4. The van der Waals surface area contributed by atoms with Crippen molar-refractivity contribution in [3.05, 3.63) is 113 Å². The molecule has 0 bridgehead atoms. The number of carbonyl (C=O) groups is 1. The molecule has 39 heavy (non-hydrogen) atoms. The van der Waals surface area contributed by atoms with Gasteiger partial charge >= 0.3 is 12.1 Å². The van der Waals surface area contributed by atoms with E-state index in [-0.39, 0.29) is 22.2 Å². The average molecular weight is 557 g/mol. The highest BCUT2D eigenvalue weighted by Gasteiger charge is 2.33. The van der Waals surface area contributed by atoms with Gasteiger partial charge in [-0.3, -0.25) is 4.72 Å². The minimum absolute atomic E-state index is 0.00859. The van der Waals surface area contributed by atoms with Crippen molar-refractivity contribution in [3.8, 4) is 11.1 Å². The highest BCUT2D eigenvalue weighted by atomic mass is 32.2. The lowest BCUT2D eigenvalue weighted by molar-refractivity contribution is -0.137. The molecule has 200 valence electrons. The smallest absolute Gasteiger partial charge is 0.416 e. The molecular formula is C28H20F4N2O4S. The summed E-state index contributed by atoms with van der Waals surface area (Å²) >= 11 is 0. The van der Waals surface area contributed by atoms with Crippen molar-refractivity contribution < 1.29 is 35.9 Å². The number of fused-ring (bicyclic) bond motifs is 1. The zero-order valence-electron chi connectivity index (χ0n) is 20.0. The normalized spacial score (nSPS) is 15.1. The van der Waals surface area contributed by atoms with Gasteiger partial charge in [-0.1, -0.05) is 30.3 Å². The molecule has 5 rings (SSSR count). The number of benzene rings is 3. The number of alkyl halides is 3. The summed E-state index contributed by atoms with van der Waals surface area (Å²) in [5.41, 5.74) is 2.04. The number of nitrogens with zero attached hydrogens (tertiary/aromatic N) is 1. The number of sulfonamides is 1. The third-order valence-electron chi connectivity index (χ3n) is 6.66. The van der Waals surface area contributed by atoms with Gasteiger partial charge in [0.15, 0.2) is 0 Å². The maximum atomic E-state index is 13.6. The lowest BCUT2D eigenvalue weighted by Gasteiger charge is -2.20. The molecule has 1 aliphatic rings. The first kappa shape index (κ1) is 26.4. The zero-order chi connectivity index (χ0) is 27.9. The van der Waals surface area contributed by atoms with Gasteiger partial charge in [0.1, 0.15) is 5.82 Å². The summed E-state index contributed by atoms with van der Waals surface area (Å²) in [4.78, 5) is 14.7. The Morgan fingerprint density at radius 3 is 2.33 bits per heavy atom. The fraction of sp³-hybridized carbons (Fsp3) is 0.143. The number of aromatic carboxylic acids is 1. The van der Waals surface area contributed by atoms with Crippen LogP contribution in [-0.4, -0.2) is 24.5 Å². The molecule has 0 amide bonds. The minimum Gasteiger partial charge on any atom is -0.478 e. The number of aryl methyl sites for hydroxylation is 1. The molecule has 1 atom stereocenters. The molecule has 6 nitrogen and oxygen atoms in total. The van der Waals surface area contributed by atoms with Gasteiger partial charge in [-0.2, -0.15) is 17.6 Å². The number of hydrogen-bond acceptors (Lipinski definition) is 4. The summed E-state index contributed by atoms with van der Waals surface area (Å²) in [6, 6.07) is 17.4. The van der Waals surface area contributed by atoms with E-state index in [1.54, 1.807) is 6.07 Å². The molecule has 1 aliphatic carbocycles. The summed E-state index contributed by atoms with van der Waals surface area (Å²) < 4.78 is 82.1. The Kier molecular flexibility index (Phi) is 6.63. The van der Waals surface area contributed by atoms with Crippen molar-refractivity contribution in [2.24, 2.45) is 0 Å². The summed E-state index contributed by atoms with van der Waals surface area (Å²) in [6.07, 6.45) is -3.56. The second kappa shape index (κ2) is 9.81. The molecule has 0 saturated carbocycles. The van der Waals surface area contributed by atoms with Crippen LogP contribution < -0.4 is 4.72 Å². The lowest BCUT2D eigenvalue weighted by Crippen LogP contribution is -2.14. The Hall–Kier alpha value is -4.25. The molecule has 0 unspecified atom stereocenters. The highest BCUT2D eigenvalue weighted by molar-refractivity contribution is 7.92. The van der Waals surface area contributed by atoms with Crippen molar-refractivity contribution >= 4 is 21.8 Å². The van der Waals surface area contributed by atoms with Gasteiger partial charge in [0, 0.05) is 5.92 Å². The minimum atomic E-state index is -4.57. The second-order valence-electron chi connectivity index (χ2n) is 9.09. The molecule has 4 aromatic rings. The largest absolute Gasteiger partial charge is 0.478 e. The molecule has 0 saturated heterocycles. The number of anilines is 1. The number of carboxylic acids is 1. The van der Waals surface area contributed by atoms with Gasteiger partial charge in [-0.15, -0.1) is 0 Å². The Morgan fingerprint density at radius 2 is 1.67 bits per heavy atom. The van der Waals surface area contributed by atoms with Gasteiger partial charge in [-0.05, 0) is 89.2 Å². The summed E-state index contributed by atoms with van der Waals surface area (Å²) in [7, 11) is -4.07. The molecular weight excluding hydrogens is 536 g/mol. The van der Waals surface area contributed by atoms with E-state index in [2.05, 4.69) is 9.71 Å². The Morgan fingerprint density at radius 1 is 0.949 bits per heavy atom. The number of hydrogen-bond donors (Lipinski definition) is 2. The summed E-state index contributed by atoms with van der Waals surface area (Å²) in [6.45, 7) is 0. The maximum absolute atomic E-state index is 13.6. The van der Waals surface area contributed by atoms with Crippen LogP contribution in [0.2, 0.25) is 0 Å². The zero-order valence-corrected chi connectivity index (χ0v) is 20.9. The standard InChI is InChI=1S/C28H20F4N2O4S/c29-25-2-1-3-26(33-25)34-39(37,38)20-10-13-21-18(14-20)8-11-22(21)23-12-9-19(28(30,31)32)15-24(23)16-4-6-17(7-5-16)27(35)36/h1-7,9-10,12-15,22H,8,11H2,(H,33,34)(H,35,36)/t22-/m0/s1. The van der Waals surface area contributed by atoms with Crippen LogP contribution in [0.4, 0.5) is 23.4 Å². The predicted octanol–water partition coefficient (Wildman–Crippen LogP) is 6.48. The van der Waals surface area contributed by atoms with E-state index in [4.69, 9.17) is 0 Å².